The molecule has 3 nitrogen and oxygen atoms in total. The Morgan fingerprint density at radius 3 is 3.00 bits per heavy atom. The molecule has 15 heavy (non-hydrogen) atoms. The molecule has 1 heterocycles. The first-order chi connectivity index (χ1) is 7.09. The quantitative estimate of drug-likeness (QED) is 0.788. The van der Waals surface area contributed by atoms with Gasteiger partial charge in [0, 0.05) is 0 Å². The molecule has 0 amide bonds. The van der Waals surface area contributed by atoms with E-state index in [-0.39, 0.29) is 17.4 Å². The Labute approximate surface area is 90.5 Å². The largest absolute Gasteiger partial charge is 0.322 e. The maximum absolute atomic E-state index is 13.2. The number of halogens is 2. The third-order valence-corrected chi connectivity index (χ3v) is 2.42. The zero-order valence-corrected chi connectivity index (χ0v) is 8.75. The van der Waals surface area contributed by atoms with Gasteiger partial charge in [-0.3, -0.25) is 4.79 Å². The van der Waals surface area contributed by atoms with Crippen molar-refractivity contribution in [1.82, 2.24) is 9.55 Å². The number of carbonyl (C=O) groups excluding carboxylic acids is 1. The van der Waals surface area contributed by atoms with Gasteiger partial charge in [0.2, 0.25) is 0 Å². The second-order valence-electron chi connectivity index (χ2n) is 3.30. The number of fused-ring (bicyclic) bond motifs is 1. The normalized spacial score (nSPS) is 10.9. The van der Waals surface area contributed by atoms with Crippen LogP contribution in [-0.4, -0.2) is 15.3 Å². The summed E-state index contributed by atoms with van der Waals surface area (Å²) >= 11 is 5.81. The van der Waals surface area contributed by atoms with Gasteiger partial charge in [0.05, 0.1) is 23.9 Å². The Kier molecular flexibility index (Phi) is 2.44. The number of aromatic nitrogens is 2. The number of imidazole rings is 1. The molecule has 1 aromatic heterocycles. The maximum Gasteiger partial charge on any atom is 0.149 e. The van der Waals surface area contributed by atoms with Crippen molar-refractivity contribution in [2.45, 2.75) is 13.5 Å². The number of ketones is 1. The maximum atomic E-state index is 13.2. The van der Waals surface area contributed by atoms with E-state index < -0.39 is 5.82 Å². The Morgan fingerprint density at radius 1 is 1.60 bits per heavy atom. The van der Waals surface area contributed by atoms with Crippen LogP contribution in [-0.2, 0) is 11.3 Å². The van der Waals surface area contributed by atoms with Gasteiger partial charge in [-0.15, -0.1) is 0 Å². The molecule has 0 aliphatic rings. The molecule has 0 saturated heterocycles. The standard InChI is InChI=1S/C10H8ClFN2O/c1-6(15)4-14-5-13-8-3-2-7(12)9(11)10(8)14/h2-3,5H,4H2,1H3. The lowest BCUT2D eigenvalue weighted by molar-refractivity contribution is -0.117. The molecule has 0 spiro atoms. The van der Waals surface area contributed by atoms with Crippen molar-refractivity contribution in [3.05, 3.63) is 29.3 Å². The molecule has 78 valence electrons. The van der Waals surface area contributed by atoms with Crippen molar-refractivity contribution in [3.8, 4) is 0 Å². The number of nitrogens with zero attached hydrogens (tertiary/aromatic N) is 2. The molecule has 2 aromatic rings. The van der Waals surface area contributed by atoms with E-state index in [0.717, 1.165) is 0 Å². The third-order valence-electron chi connectivity index (χ3n) is 2.06. The predicted octanol–water partition coefficient (Wildman–Crippen LogP) is 2.42. The molecule has 0 radical (unpaired) electrons. The van der Waals surface area contributed by atoms with E-state index in [0.29, 0.717) is 11.0 Å². The van der Waals surface area contributed by atoms with Crippen LogP contribution in [0.15, 0.2) is 18.5 Å². The van der Waals surface area contributed by atoms with Gasteiger partial charge in [-0.1, -0.05) is 11.6 Å². The summed E-state index contributed by atoms with van der Waals surface area (Å²) in [6.45, 7) is 1.61. The highest BCUT2D eigenvalue weighted by Crippen LogP contribution is 2.25. The number of hydrogen-bond donors (Lipinski definition) is 0. The Balaban J connectivity index is 2.66. The van der Waals surface area contributed by atoms with Crippen molar-refractivity contribution in [2.24, 2.45) is 0 Å². The summed E-state index contributed by atoms with van der Waals surface area (Å²) in [5.41, 5.74) is 1.05. The molecule has 0 aliphatic carbocycles. The number of rotatable bonds is 2. The molecule has 0 fully saturated rings. The highest BCUT2D eigenvalue weighted by atomic mass is 35.5. The van der Waals surface area contributed by atoms with Gasteiger partial charge >= 0.3 is 0 Å². The third kappa shape index (κ3) is 1.72. The van der Waals surface area contributed by atoms with E-state index in [1.165, 1.54) is 25.4 Å². The van der Waals surface area contributed by atoms with Crippen molar-refractivity contribution in [2.75, 3.05) is 0 Å². The van der Waals surface area contributed by atoms with Crippen molar-refractivity contribution in [3.63, 3.8) is 0 Å². The molecule has 0 aliphatic heterocycles. The van der Waals surface area contributed by atoms with Crippen LogP contribution in [0.5, 0.6) is 0 Å². The summed E-state index contributed by atoms with van der Waals surface area (Å²) in [7, 11) is 0. The average molecular weight is 227 g/mol. The van der Waals surface area contributed by atoms with Crippen LogP contribution in [0.3, 0.4) is 0 Å². The van der Waals surface area contributed by atoms with Crippen LogP contribution >= 0.6 is 11.6 Å². The fraction of sp³-hybridized carbons (Fsp3) is 0.200. The van der Waals surface area contributed by atoms with Crippen LogP contribution in [0.4, 0.5) is 4.39 Å². The summed E-state index contributed by atoms with van der Waals surface area (Å²) in [6.07, 6.45) is 1.48. The second-order valence-corrected chi connectivity index (χ2v) is 3.68. The van der Waals surface area contributed by atoms with E-state index in [9.17, 15) is 9.18 Å². The average Bonchev–Trinajstić information content (AvgIpc) is 2.55. The molecule has 0 saturated carbocycles. The van der Waals surface area contributed by atoms with E-state index >= 15 is 0 Å². The molecular weight excluding hydrogens is 219 g/mol. The summed E-state index contributed by atoms with van der Waals surface area (Å²) in [5.74, 6) is -0.538. The molecule has 0 atom stereocenters. The first kappa shape index (κ1) is 10.1. The number of hydrogen-bond acceptors (Lipinski definition) is 2. The van der Waals surface area contributed by atoms with Gasteiger partial charge in [0.25, 0.3) is 0 Å². The topological polar surface area (TPSA) is 34.9 Å². The summed E-state index contributed by atoms with van der Waals surface area (Å²) in [5, 5.41) is 0.00579. The highest BCUT2D eigenvalue weighted by molar-refractivity contribution is 6.35. The lowest BCUT2D eigenvalue weighted by Gasteiger charge is -2.02. The zero-order chi connectivity index (χ0) is 11.0. The number of Topliss-reactive ketones (excluding diaryl/α,β-unsaturated/α-hetero) is 1. The Bertz CT molecular complexity index is 535. The van der Waals surface area contributed by atoms with Crippen LogP contribution < -0.4 is 0 Å². The SMILES string of the molecule is CC(=O)Cn1cnc2ccc(F)c(Cl)c21. The first-order valence-electron chi connectivity index (χ1n) is 4.38. The molecule has 5 heteroatoms. The van der Waals surface area contributed by atoms with Crippen molar-refractivity contribution in [1.29, 1.82) is 0 Å². The fourth-order valence-electron chi connectivity index (χ4n) is 1.46. The van der Waals surface area contributed by atoms with Crippen LogP contribution in [0.2, 0.25) is 5.02 Å². The van der Waals surface area contributed by atoms with E-state index in [1.54, 1.807) is 4.57 Å². The minimum absolute atomic E-state index is 0.00579. The summed E-state index contributed by atoms with van der Waals surface area (Å²) in [4.78, 5) is 15.0. The monoisotopic (exact) mass is 226 g/mol. The Morgan fingerprint density at radius 2 is 2.33 bits per heavy atom. The van der Waals surface area contributed by atoms with Gasteiger partial charge in [-0.05, 0) is 19.1 Å². The van der Waals surface area contributed by atoms with Gasteiger partial charge in [0.15, 0.2) is 0 Å². The van der Waals surface area contributed by atoms with Gasteiger partial charge in [-0.25, -0.2) is 9.37 Å². The van der Waals surface area contributed by atoms with Gasteiger partial charge < -0.3 is 4.57 Å². The van der Waals surface area contributed by atoms with Gasteiger partial charge in [0.1, 0.15) is 16.6 Å². The lowest BCUT2D eigenvalue weighted by Crippen LogP contribution is -2.05. The Hall–Kier alpha value is -1.42. The lowest BCUT2D eigenvalue weighted by atomic mass is 10.3. The number of carbonyl (C=O) groups is 1. The van der Waals surface area contributed by atoms with Crippen molar-refractivity contribution >= 4 is 28.4 Å². The summed E-state index contributed by atoms with van der Waals surface area (Å²) < 4.78 is 14.7. The second kappa shape index (κ2) is 3.62. The fourth-order valence-corrected chi connectivity index (χ4v) is 1.72. The first-order valence-corrected chi connectivity index (χ1v) is 4.75. The number of benzene rings is 1. The highest BCUT2D eigenvalue weighted by Gasteiger charge is 2.11. The summed E-state index contributed by atoms with van der Waals surface area (Å²) in [6, 6.07) is 2.79. The molecule has 0 unspecified atom stereocenters. The smallest absolute Gasteiger partial charge is 0.149 e. The molecule has 1 aromatic carbocycles. The van der Waals surface area contributed by atoms with Crippen LogP contribution in [0.25, 0.3) is 11.0 Å². The molecule has 0 N–H and O–H groups in total. The van der Waals surface area contributed by atoms with Crippen molar-refractivity contribution < 1.29 is 9.18 Å². The zero-order valence-electron chi connectivity index (χ0n) is 8.00. The van der Waals surface area contributed by atoms with Gasteiger partial charge in [-0.2, -0.15) is 0 Å². The molecule has 2 rings (SSSR count). The minimum Gasteiger partial charge on any atom is -0.322 e. The van der Waals surface area contributed by atoms with Crippen LogP contribution in [0.1, 0.15) is 6.92 Å². The molecular formula is C10H8ClFN2O. The predicted molar refractivity (Wildman–Crippen MR) is 55.4 cm³/mol. The van der Waals surface area contributed by atoms with E-state index in [1.807, 2.05) is 0 Å². The van der Waals surface area contributed by atoms with E-state index in [4.69, 9.17) is 11.6 Å². The van der Waals surface area contributed by atoms with E-state index in [2.05, 4.69) is 4.98 Å². The van der Waals surface area contributed by atoms with Crippen LogP contribution in [0, 0.1) is 5.82 Å². The minimum atomic E-state index is -0.505. The molecule has 0 bridgehead atoms.